The summed E-state index contributed by atoms with van der Waals surface area (Å²) in [5, 5.41) is 9.07. The molecule has 1 aromatic rings. The number of aliphatic hydroxyl groups is 1. The van der Waals surface area contributed by atoms with Crippen molar-refractivity contribution in [2.24, 2.45) is 0 Å². The van der Waals surface area contributed by atoms with Crippen molar-refractivity contribution < 1.29 is 19.4 Å². The van der Waals surface area contributed by atoms with E-state index in [0.717, 1.165) is 0 Å². The van der Waals surface area contributed by atoms with Crippen molar-refractivity contribution in [2.45, 2.75) is 13.8 Å². The molecule has 7 nitrogen and oxygen atoms in total. The second-order valence-corrected chi connectivity index (χ2v) is 4.09. The molecule has 112 valence electrons. The molecular formula is C13H21N3O4. The number of anilines is 1. The Morgan fingerprint density at radius 3 is 2.75 bits per heavy atom. The molecule has 20 heavy (non-hydrogen) atoms. The summed E-state index contributed by atoms with van der Waals surface area (Å²) in [5.74, 6) is 0.0313. The minimum atomic E-state index is -0.429. The van der Waals surface area contributed by atoms with Crippen LogP contribution in [0.3, 0.4) is 0 Å². The van der Waals surface area contributed by atoms with Crippen LogP contribution in [-0.4, -0.2) is 61.1 Å². The second-order valence-electron chi connectivity index (χ2n) is 4.09. The number of rotatable bonds is 8. The Morgan fingerprint density at radius 1 is 1.45 bits per heavy atom. The molecular weight excluding hydrogens is 262 g/mol. The fraction of sp³-hybridized carbons (Fsp3) is 0.615. The molecule has 7 heteroatoms. The lowest BCUT2D eigenvalue weighted by Crippen LogP contribution is -2.32. The molecule has 1 rings (SSSR count). The lowest BCUT2D eigenvalue weighted by molar-refractivity contribution is 0.0524. The van der Waals surface area contributed by atoms with Crippen LogP contribution < -0.4 is 4.90 Å². The third-order valence-corrected chi connectivity index (χ3v) is 2.68. The van der Waals surface area contributed by atoms with Gasteiger partial charge in [-0.1, -0.05) is 0 Å². The maximum absolute atomic E-state index is 11.7. The van der Waals surface area contributed by atoms with Crippen LogP contribution in [0, 0.1) is 6.92 Å². The number of aryl methyl sites for hydroxylation is 1. The highest BCUT2D eigenvalue weighted by Crippen LogP contribution is 2.12. The summed E-state index contributed by atoms with van der Waals surface area (Å²) in [6.07, 6.45) is 1.45. The molecule has 0 fully saturated rings. The van der Waals surface area contributed by atoms with Gasteiger partial charge in [0.25, 0.3) is 0 Å². The van der Waals surface area contributed by atoms with E-state index in [2.05, 4.69) is 9.97 Å². The Morgan fingerprint density at radius 2 is 2.20 bits per heavy atom. The first kappa shape index (κ1) is 16.3. The summed E-state index contributed by atoms with van der Waals surface area (Å²) in [6.45, 7) is 5.25. The normalized spacial score (nSPS) is 10.4. The van der Waals surface area contributed by atoms with Gasteiger partial charge in [0, 0.05) is 26.4 Å². The van der Waals surface area contributed by atoms with Gasteiger partial charge in [-0.25, -0.2) is 14.8 Å². The monoisotopic (exact) mass is 283 g/mol. The van der Waals surface area contributed by atoms with Crippen LogP contribution in [0.1, 0.15) is 23.0 Å². The molecule has 0 aliphatic rings. The summed E-state index contributed by atoms with van der Waals surface area (Å²) < 4.78 is 9.94. The Bertz CT molecular complexity index is 440. The molecule has 0 saturated heterocycles. The zero-order chi connectivity index (χ0) is 15.0. The molecule has 0 unspecified atom stereocenters. The van der Waals surface area contributed by atoms with Crippen molar-refractivity contribution in [1.29, 1.82) is 0 Å². The smallest absolute Gasteiger partial charge is 0.341 e. The Hall–Kier alpha value is -1.73. The molecule has 0 aliphatic heterocycles. The molecule has 0 saturated carbocycles. The van der Waals surface area contributed by atoms with Gasteiger partial charge in [0.1, 0.15) is 0 Å². The molecule has 0 bridgehead atoms. The number of esters is 1. The maximum Gasteiger partial charge on any atom is 0.341 e. The number of hydrogen-bond acceptors (Lipinski definition) is 7. The average molecular weight is 283 g/mol. The van der Waals surface area contributed by atoms with E-state index < -0.39 is 5.97 Å². The van der Waals surface area contributed by atoms with E-state index in [0.29, 0.717) is 43.5 Å². The van der Waals surface area contributed by atoms with Gasteiger partial charge in [-0.05, 0) is 13.8 Å². The number of aliphatic hydroxyl groups excluding tert-OH is 1. The molecule has 0 aliphatic carbocycles. The van der Waals surface area contributed by atoms with Gasteiger partial charge in [0.15, 0.2) is 0 Å². The van der Waals surface area contributed by atoms with Crippen LogP contribution in [-0.2, 0) is 9.47 Å². The van der Waals surface area contributed by atoms with Crippen molar-refractivity contribution >= 4 is 11.9 Å². The van der Waals surface area contributed by atoms with Gasteiger partial charge in [-0.15, -0.1) is 0 Å². The van der Waals surface area contributed by atoms with Crippen molar-refractivity contribution in [2.75, 3.05) is 44.9 Å². The van der Waals surface area contributed by atoms with E-state index in [9.17, 15) is 4.79 Å². The molecule has 0 aromatic carbocycles. The fourth-order valence-electron chi connectivity index (χ4n) is 1.65. The van der Waals surface area contributed by atoms with E-state index in [1.807, 2.05) is 0 Å². The van der Waals surface area contributed by atoms with Crippen LogP contribution in [0.4, 0.5) is 5.95 Å². The van der Waals surface area contributed by atoms with Crippen LogP contribution in [0.15, 0.2) is 6.20 Å². The third kappa shape index (κ3) is 4.43. The van der Waals surface area contributed by atoms with E-state index in [4.69, 9.17) is 14.6 Å². The first-order valence-electron chi connectivity index (χ1n) is 6.49. The molecule has 0 spiro atoms. The summed E-state index contributed by atoms with van der Waals surface area (Å²) in [4.78, 5) is 21.9. The van der Waals surface area contributed by atoms with Gasteiger partial charge in [0.2, 0.25) is 5.95 Å². The summed E-state index contributed by atoms with van der Waals surface area (Å²) in [7, 11) is 1.60. The molecule has 1 N–H and O–H groups in total. The van der Waals surface area contributed by atoms with Gasteiger partial charge in [-0.2, -0.15) is 0 Å². The van der Waals surface area contributed by atoms with Crippen LogP contribution in [0.25, 0.3) is 0 Å². The largest absolute Gasteiger partial charge is 0.462 e. The van der Waals surface area contributed by atoms with Crippen LogP contribution in [0.5, 0.6) is 0 Å². The molecule has 0 amide bonds. The van der Waals surface area contributed by atoms with Gasteiger partial charge in [-0.3, -0.25) is 0 Å². The first-order chi connectivity index (χ1) is 9.63. The van der Waals surface area contributed by atoms with Crippen molar-refractivity contribution in [3.63, 3.8) is 0 Å². The third-order valence-electron chi connectivity index (χ3n) is 2.68. The van der Waals surface area contributed by atoms with Gasteiger partial charge in [0.05, 0.1) is 31.1 Å². The van der Waals surface area contributed by atoms with E-state index in [-0.39, 0.29) is 6.61 Å². The van der Waals surface area contributed by atoms with Crippen molar-refractivity contribution in [3.05, 3.63) is 17.5 Å². The number of carbonyl (C=O) groups is 1. The predicted octanol–water partition coefficient (Wildman–Crippen LogP) is 0.407. The zero-order valence-corrected chi connectivity index (χ0v) is 12.1. The Balaban J connectivity index is 2.90. The van der Waals surface area contributed by atoms with Crippen LogP contribution >= 0.6 is 0 Å². The number of methoxy groups -OCH3 is 1. The minimum Gasteiger partial charge on any atom is -0.462 e. The van der Waals surface area contributed by atoms with Gasteiger partial charge < -0.3 is 19.5 Å². The molecule has 1 heterocycles. The number of carbonyl (C=O) groups excluding carboxylic acids is 1. The van der Waals surface area contributed by atoms with Crippen molar-refractivity contribution in [3.8, 4) is 0 Å². The zero-order valence-electron chi connectivity index (χ0n) is 12.1. The maximum atomic E-state index is 11.7. The van der Waals surface area contributed by atoms with Crippen LogP contribution in [0.2, 0.25) is 0 Å². The molecule has 0 radical (unpaired) electrons. The van der Waals surface area contributed by atoms with E-state index in [1.165, 1.54) is 6.20 Å². The number of nitrogens with zero attached hydrogens (tertiary/aromatic N) is 3. The van der Waals surface area contributed by atoms with Gasteiger partial charge >= 0.3 is 5.97 Å². The SMILES string of the molecule is CCOC(=O)c1cnc(N(CCO)CCOC)nc1C. The average Bonchev–Trinajstić information content (AvgIpc) is 2.43. The second kappa shape index (κ2) is 8.44. The highest BCUT2D eigenvalue weighted by Gasteiger charge is 2.15. The minimum absolute atomic E-state index is 0.00818. The highest BCUT2D eigenvalue weighted by atomic mass is 16.5. The number of ether oxygens (including phenoxy) is 2. The predicted molar refractivity (Wildman–Crippen MR) is 73.9 cm³/mol. The van der Waals surface area contributed by atoms with Crippen molar-refractivity contribution in [1.82, 2.24) is 9.97 Å². The number of hydrogen-bond donors (Lipinski definition) is 1. The highest BCUT2D eigenvalue weighted by molar-refractivity contribution is 5.90. The molecule has 1 aromatic heterocycles. The first-order valence-corrected chi connectivity index (χ1v) is 6.49. The van der Waals surface area contributed by atoms with E-state index >= 15 is 0 Å². The Labute approximate surface area is 118 Å². The molecule has 0 atom stereocenters. The Kier molecular flexibility index (Phi) is 6.89. The summed E-state index contributed by atoms with van der Waals surface area (Å²) in [6, 6.07) is 0. The van der Waals surface area contributed by atoms with E-state index in [1.54, 1.807) is 25.9 Å². The lowest BCUT2D eigenvalue weighted by Gasteiger charge is -2.21. The lowest BCUT2D eigenvalue weighted by atomic mass is 10.2. The quantitative estimate of drug-likeness (QED) is 0.691. The topological polar surface area (TPSA) is 84.8 Å². The standard InChI is InChI=1S/C13H21N3O4/c1-4-20-12(18)11-9-14-13(15-10(11)2)16(5-7-17)6-8-19-3/h9,17H,4-8H2,1-3H3. The fourth-order valence-corrected chi connectivity index (χ4v) is 1.65. The summed E-state index contributed by atoms with van der Waals surface area (Å²) >= 11 is 0. The number of aromatic nitrogens is 2. The summed E-state index contributed by atoms with van der Waals surface area (Å²) in [5.41, 5.74) is 0.903.